The van der Waals surface area contributed by atoms with Gasteiger partial charge in [0.2, 0.25) is 5.56 Å². The third kappa shape index (κ3) is 2.10. The zero-order valence-corrected chi connectivity index (χ0v) is 9.67. The fourth-order valence-corrected chi connectivity index (χ4v) is 1.75. The Bertz CT molecular complexity index is 749. The van der Waals surface area contributed by atoms with Crippen molar-refractivity contribution in [3.05, 3.63) is 44.2 Å². The quantitative estimate of drug-likeness (QED) is 0.633. The normalized spacial score (nSPS) is 10.4. The maximum Gasteiger partial charge on any atom is 0.336 e. The van der Waals surface area contributed by atoms with E-state index in [-0.39, 0.29) is 22.2 Å². The van der Waals surface area contributed by atoms with Gasteiger partial charge in [-0.05, 0) is 6.07 Å². The molecule has 1 aromatic carbocycles. The SMILES string of the molecule is COc1cc([N+](=O)[O-])c2[nH]c(=O)cc(C(=O)O)c2c1. The standard InChI is InChI=1S/C11H8N2O6/c1-19-5-2-6-7(11(15)16)4-9(14)12-10(6)8(3-5)13(17)18/h2-4H,1H3,(H,12,14)(H,15,16). The molecule has 0 aliphatic carbocycles. The van der Waals surface area contributed by atoms with Crippen LogP contribution >= 0.6 is 0 Å². The number of aromatic carboxylic acids is 1. The minimum atomic E-state index is -1.35. The summed E-state index contributed by atoms with van der Waals surface area (Å²) in [5, 5.41) is 20.0. The van der Waals surface area contributed by atoms with Crippen molar-refractivity contribution in [2.75, 3.05) is 7.11 Å². The summed E-state index contributed by atoms with van der Waals surface area (Å²) in [5.41, 5.74) is -1.61. The third-order valence-electron chi connectivity index (χ3n) is 2.57. The lowest BCUT2D eigenvalue weighted by molar-refractivity contribution is -0.383. The van der Waals surface area contributed by atoms with Gasteiger partial charge in [-0.2, -0.15) is 0 Å². The number of methoxy groups -OCH3 is 1. The number of nitrogens with one attached hydrogen (secondary N) is 1. The second-order valence-electron chi connectivity index (χ2n) is 3.68. The van der Waals surface area contributed by atoms with Gasteiger partial charge in [-0.1, -0.05) is 0 Å². The second-order valence-corrected chi connectivity index (χ2v) is 3.68. The van der Waals surface area contributed by atoms with Crippen molar-refractivity contribution in [3.63, 3.8) is 0 Å². The number of carboxylic acid groups (broad SMARTS) is 1. The average molecular weight is 264 g/mol. The van der Waals surface area contributed by atoms with Crippen LogP contribution in [0.5, 0.6) is 5.75 Å². The Kier molecular flexibility index (Phi) is 2.91. The third-order valence-corrected chi connectivity index (χ3v) is 2.57. The number of ether oxygens (including phenoxy) is 1. The highest BCUT2D eigenvalue weighted by Crippen LogP contribution is 2.30. The van der Waals surface area contributed by atoms with Gasteiger partial charge in [-0.25, -0.2) is 4.79 Å². The maximum absolute atomic E-state index is 11.4. The molecule has 8 nitrogen and oxygen atoms in total. The van der Waals surface area contributed by atoms with Gasteiger partial charge in [0, 0.05) is 11.5 Å². The highest BCUT2D eigenvalue weighted by molar-refractivity contribution is 6.05. The largest absolute Gasteiger partial charge is 0.496 e. The lowest BCUT2D eigenvalue weighted by atomic mass is 10.1. The van der Waals surface area contributed by atoms with Gasteiger partial charge in [0.1, 0.15) is 11.3 Å². The van der Waals surface area contributed by atoms with Crippen molar-refractivity contribution in [1.82, 2.24) is 4.98 Å². The highest BCUT2D eigenvalue weighted by Gasteiger charge is 2.20. The number of hydrogen-bond donors (Lipinski definition) is 2. The van der Waals surface area contributed by atoms with E-state index < -0.39 is 22.1 Å². The summed E-state index contributed by atoms with van der Waals surface area (Å²) < 4.78 is 4.89. The van der Waals surface area contributed by atoms with Crippen LogP contribution in [-0.2, 0) is 0 Å². The molecule has 0 atom stereocenters. The molecule has 0 bridgehead atoms. The van der Waals surface area contributed by atoms with Crippen LogP contribution in [0.25, 0.3) is 10.9 Å². The number of nitrogens with zero attached hydrogens (tertiary/aromatic N) is 1. The summed E-state index contributed by atoms with van der Waals surface area (Å²) in [6.45, 7) is 0. The Morgan fingerprint density at radius 3 is 2.63 bits per heavy atom. The fourth-order valence-electron chi connectivity index (χ4n) is 1.75. The highest BCUT2D eigenvalue weighted by atomic mass is 16.6. The van der Waals surface area contributed by atoms with E-state index in [1.807, 2.05) is 0 Å². The van der Waals surface area contributed by atoms with Gasteiger partial charge in [0.05, 0.1) is 23.7 Å². The van der Waals surface area contributed by atoms with Gasteiger partial charge in [-0.3, -0.25) is 14.9 Å². The van der Waals surface area contributed by atoms with E-state index in [2.05, 4.69) is 4.98 Å². The molecule has 0 saturated heterocycles. The Morgan fingerprint density at radius 2 is 2.11 bits per heavy atom. The predicted octanol–water partition coefficient (Wildman–Crippen LogP) is 1.14. The van der Waals surface area contributed by atoms with Gasteiger partial charge < -0.3 is 14.8 Å². The molecule has 2 N–H and O–H groups in total. The Morgan fingerprint density at radius 1 is 1.42 bits per heavy atom. The van der Waals surface area contributed by atoms with Crippen LogP contribution in [0, 0.1) is 10.1 Å². The number of nitro benzene ring substituents is 1. The molecule has 0 radical (unpaired) electrons. The minimum absolute atomic E-state index is 0.0400. The smallest absolute Gasteiger partial charge is 0.336 e. The monoisotopic (exact) mass is 264 g/mol. The van der Waals surface area contributed by atoms with Gasteiger partial charge >= 0.3 is 5.97 Å². The van der Waals surface area contributed by atoms with Crippen LogP contribution in [-0.4, -0.2) is 28.1 Å². The molecule has 2 aromatic rings. The number of carboxylic acids is 1. The lowest BCUT2D eigenvalue weighted by Gasteiger charge is -2.06. The van der Waals surface area contributed by atoms with Crippen LogP contribution in [0.2, 0.25) is 0 Å². The van der Waals surface area contributed by atoms with Crippen LogP contribution in [0.1, 0.15) is 10.4 Å². The van der Waals surface area contributed by atoms with E-state index in [4.69, 9.17) is 9.84 Å². The Hall–Kier alpha value is -2.90. The summed E-state index contributed by atoms with van der Waals surface area (Å²) in [7, 11) is 1.30. The molecule has 0 spiro atoms. The first kappa shape index (κ1) is 12.6. The molecule has 0 fully saturated rings. The van der Waals surface area contributed by atoms with Gasteiger partial charge in [0.15, 0.2) is 0 Å². The zero-order chi connectivity index (χ0) is 14.2. The number of benzene rings is 1. The first-order valence-electron chi connectivity index (χ1n) is 5.07. The summed E-state index contributed by atoms with van der Waals surface area (Å²) >= 11 is 0. The molecule has 1 heterocycles. The van der Waals surface area contributed by atoms with Crippen LogP contribution in [0.15, 0.2) is 23.0 Å². The number of nitro groups is 1. The molecule has 98 valence electrons. The van der Waals surface area contributed by atoms with Crippen molar-refractivity contribution >= 4 is 22.6 Å². The lowest BCUT2D eigenvalue weighted by Crippen LogP contribution is -2.11. The molecule has 19 heavy (non-hydrogen) atoms. The molecule has 2 rings (SSSR count). The molecule has 0 unspecified atom stereocenters. The first-order chi connectivity index (χ1) is 8.93. The van der Waals surface area contributed by atoms with Gasteiger partial charge in [0.25, 0.3) is 5.69 Å². The summed E-state index contributed by atoms with van der Waals surface area (Å²) in [6.07, 6.45) is 0. The van der Waals surface area contributed by atoms with Crippen molar-refractivity contribution in [2.24, 2.45) is 0 Å². The molecule has 0 saturated carbocycles. The van der Waals surface area contributed by atoms with Crippen molar-refractivity contribution in [1.29, 1.82) is 0 Å². The number of carbonyl (C=O) groups is 1. The number of aromatic nitrogens is 1. The van der Waals surface area contributed by atoms with E-state index in [1.54, 1.807) is 0 Å². The molecular weight excluding hydrogens is 256 g/mol. The van der Waals surface area contributed by atoms with E-state index in [1.165, 1.54) is 13.2 Å². The summed E-state index contributed by atoms with van der Waals surface area (Å²) in [6, 6.07) is 3.31. The first-order valence-corrected chi connectivity index (χ1v) is 5.07. The van der Waals surface area contributed by atoms with Crippen molar-refractivity contribution in [2.45, 2.75) is 0 Å². The number of fused-ring (bicyclic) bond motifs is 1. The van der Waals surface area contributed by atoms with Crippen molar-refractivity contribution in [3.8, 4) is 5.75 Å². The molecule has 1 aromatic heterocycles. The van der Waals surface area contributed by atoms with E-state index in [9.17, 15) is 19.7 Å². The number of H-pyrrole nitrogens is 1. The molecule has 0 aliphatic heterocycles. The molecular formula is C11H8N2O6. The van der Waals surface area contributed by atoms with Crippen LogP contribution < -0.4 is 10.3 Å². The predicted molar refractivity (Wildman–Crippen MR) is 64.7 cm³/mol. The summed E-state index contributed by atoms with van der Waals surface area (Å²) in [5.74, 6) is -1.22. The number of rotatable bonds is 3. The number of hydrogen-bond acceptors (Lipinski definition) is 5. The van der Waals surface area contributed by atoms with Crippen LogP contribution in [0.4, 0.5) is 5.69 Å². The zero-order valence-electron chi connectivity index (χ0n) is 9.67. The second kappa shape index (κ2) is 4.41. The van der Waals surface area contributed by atoms with Gasteiger partial charge in [-0.15, -0.1) is 0 Å². The fraction of sp³-hybridized carbons (Fsp3) is 0.0909. The van der Waals surface area contributed by atoms with Crippen LogP contribution in [0.3, 0.4) is 0 Å². The molecule has 0 amide bonds. The summed E-state index contributed by atoms with van der Waals surface area (Å²) in [4.78, 5) is 35.0. The number of aromatic amines is 1. The van der Waals surface area contributed by atoms with Crippen molar-refractivity contribution < 1.29 is 19.6 Å². The average Bonchev–Trinajstić information content (AvgIpc) is 2.36. The van der Waals surface area contributed by atoms with E-state index in [0.717, 1.165) is 12.1 Å². The van der Waals surface area contributed by atoms with E-state index in [0.29, 0.717) is 0 Å². The maximum atomic E-state index is 11.4. The minimum Gasteiger partial charge on any atom is -0.496 e. The topological polar surface area (TPSA) is 123 Å². The number of pyridine rings is 1. The molecule has 8 heteroatoms. The Labute approximate surface area is 105 Å². The van der Waals surface area contributed by atoms with E-state index >= 15 is 0 Å². The number of non-ortho nitro benzene ring substituents is 1. The Balaban J connectivity index is 3.00. The molecule has 0 aliphatic rings.